The smallest absolute Gasteiger partial charge is 0.231 e. The van der Waals surface area contributed by atoms with Gasteiger partial charge in [-0.1, -0.05) is 6.08 Å². The van der Waals surface area contributed by atoms with Crippen LogP contribution in [0.25, 0.3) is 5.57 Å². The predicted molar refractivity (Wildman–Crippen MR) is 103 cm³/mol. The van der Waals surface area contributed by atoms with Gasteiger partial charge >= 0.3 is 0 Å². The van der Waals surface area contributed by atoms with Crippen LogP contribution in [0.15, 0.2) is 12.1 Å². The lowest BCUT2D eigenvalue weighted by Crippen LogP contribution is -2.69. The SMILES string of the molecule is CNC1NC(Nc2cc3c(c(C4=CCNCCC4)c2F)OCO3)NC(C)C1F. The fourth-order valence-corrected chi connectivity index (χ4v) is 3.89. The maximum absolute atomic E-state index is 15.5. The van der Waals surface area contributed by atoms with Crippen molar-refractivity contribution in [2.24, 2.45) is 0 Å². The van der Waals surface area contributed by atoms with E-state index >= 15 is 4.39 Å². The lowest BCUT2D eigenvalue weighted by Gasteiger charge is -2.39. The summed E-state index contributed by atoms with van der Waals surface area (Å²) >= 11 is 0. The minimum absolute atomic E-state index is 0.0685. The first kappa shape index (κ1) is 19.4. The van der Waals surface area contributed by atoms with Gasteiger partial charge < -0.3 is 25.4 Å². The first-order valence-electron chi connectivity index (χ1n) is 9.70. The van der Waals surface area contributed by atoms with Crippen molar-refractivity contribution in [1.29, 1.82) is 0 Å². The first-order chi connectivity index (χ1) is 13.6. The Morgan fingerprint density at radius 1 is 1.25 bits per heavy atom. The normalized spacial score (nSPS) is 29.9. The zero-order valence-corrected chi connectivity index (χ0v) is 16.1. The summed E-state index contributed by atoms with van der Waals surface area (Å²) in [5, 5.41) is 15.4. The molecule has 1 fully saturated rings. The Labute approximate surface area is 163 Å². The van der Waals surface area contributed by atoms with Crippen molar-refractivity contribution >= 4 is 11.3 Å². The van der Waals surface area contributed by atoms with Crippen LogP contribution in [0.4, 0.5) is 14.5 Å². The molecule has 3 heterocycles. The second-order valence-electron chi connectivity index (χ2n) is 7.29. The topological polar surface area (TPSA) is 78.6 Å². The Bertz CT molecular complexity index is 760. The Morgan fingerprint density at radius 3 is 2.93 bits per heavy atom. The molecule has 5 N–H and O–H groups in total. The van der Waals surface area contributed by atoms with Gasteiger partial charge in [0, 0.05) is 18.7 Å². The average Bonchev–Trinajstić information content (AvgIpc) is 2.97. The van der Waals surface area contributed by atoms with E-state index in [4.69, 9.17) is 9.47 Å². The number of hydrogen-bond acceptors (Lipinski definition) is 7. The quantitative estimate of drug-likeness (QED) is 0.529. The van der Waals surface area contributed by atoms with Gasteiger partial charge in [0.25, 0.3) is 0 Å². The Morgan fingerprint density at radius 2 is 2.11 bits per heavy atom. The van der Waals surface area contributed by atoms with E-state index in [0.717, 1.165) is 25.0 Å². The number of halogens is 2. The van der Waals surface area contributed by atoms with Gasteiger partial charge in [-0.25, -0.2) is 8.78 Å². The summed E-state index contributed by atoms with van der Waals surface area (Å²) in [6.45, 7) is 3.41. The molecule has 0 amide bonds. The van der Waals surface area contributed by atoms with Crippen LogP contribution in [0.2, 0.25) is 0 Å². The molecule has 0 aromatic heterocycles. The van der Waals surface area contributed by atoms with Crippen molar-refractivity contribution in [1.82, 2.24) is 21.3 Å². The van der Waals surface area contributed by atoms with Crippen LogP contribution in [0.3, 0.4) is 0 Å². The second-order valence-corrected chi connectivity index (χ2v) is 7.29. The van der Waals surface area contributed by atoms with E-state index in [2.05, 4.69) is 26.6 Å². The summed E-state index contributed by atoms with van der Waals surface area (Å²) in [5.41, 5.74) is 1.63. The Kier molecular flexibility index (Phi) is 5.68. The van der Waals surface area contributed by atoms with Crippen LogP contribution >= 0.6 is 0 Å². The summed E-state index contributed by atoms with van der Waals surface area (Å²) in [5.74, 6) is 0.567. The number of hydrogen-bond donors (Lipinski definition) is 5. The minimum Gasteiger partial charge on any atom is -0.453 e. The number of nitrogens with one attached hydrogen (secondary N) is 5. The summed E-state index contributed by atoms with van der Waals surface area (Å²) in [7, 11) is 1.69. The first-order valence-corrected chi connectivity index (χ1v) is 9.70. The minimum atomic E-state index is -1.11. The van der Waals surface area contributed by atoms with E-state index in [-0.39, 0.29) is 12.5 Å². The van der Waals surface area contributed by atoms with Crippen molar-refractivity contribution in [2.75, 3.05) is 32.2 Å². The van der Waals surface area contributed by atoms with Gasteiger partial charge in [-0.05, 0) is 38.9 Å². The highest BCUT2D eigenvalue weighted by Gasteiger charge is 2.35. The van der Waals surface area contributed by atoms with E-state index in [1.807, 2.05) is 6.08 Å². The summed E-state index contributed by atoms with van der Waals surface area (Å²) in [6.07, 6.45) is 1.52. The molecule has 154 valence electrons. The van der Waals surface area contributed by atoms with Gasteiger partial charge in [-0.3, -0.25) is 10.6 Å². The highest BCUT2D eigenvalue weighted by atomic mass is 19.1. The number of benzene rings is 1. The van der Waals surface area contributed by atoms with E-state index < -0.39 is 30.5 Å². The van der Waals surface area contributed by atoms with Crippen LogP contribution in [0, 0.1) is 5.82 Å². The fraction of sp³-hybridized carbons (Fsp3) is 0.579. The van der Waals surface area contributed by atoms with E-state index in [1.165, 1.54) is 0 Å². The summed E-state index contributed by atoms with van der Waals surface area (Å²) in [6, 6.07) is 1.20. The molecule has 0 radical (unpaired) electrons. The monoisotopic (exact) mass is 395 g/mol. The Hall–Kier alpha value is -1.94. The van der Waals surface area contributed by atoms with E-state index in [1.54, 1.807) is 20.0 Å². The van der Waals surface area contributed by atoms with Crippen molar-refractivity contribution in [3.8, 4) is 11.5 Å². The molecule has 1 aromatic rings. The molecule has 28 heavy (non-hydrogen) atoms. The van der Waals surface area contributed by atoms with Crippen LogP contribution in [0.1, 0.15) is 25.3 Å². The van der Waals surface area contributed by atoms with Crippen LogP contribution in [0.5, 0.6) is 11.5 Å². The van der Waals surface area contributed by atoms with Gasteiger partial charge in [0.15, 0.2) is 17.3 Å². The molecule has 3 aliphatic rings. The van der Waals surface area contributed by atoms with Gasteiger partial charge in [-0.2, -0.15) is 0 Å². The van der Waals surface area contributed by atoms with Crippen LogP contribution in [-0.4, -0.2) is 51.6 Å². The van der Waals surface area contributed by atoms with Crippen LogP contribution < -0.4 is 36.1 Å². The lowest BCUT2D eigenvalue weighted by molar-refractivity contribution is 0.116. The largest absolute Gasteiger partial charge is 0.453 e. The third-order valence-corrected chi connectivity index (χ3v) is 5.40. The number of allylic oxidation sites excluding steroid dienone is 1. The number of rotatable bonds is 4. The lowest BCUT2D eigenvalue weighted by atomic mass is 9.98. The molecular formula is C19H27F2N5O2. The third-order valence-electron chi connectivity index (χ3n) is 5.40. The van der Waals surface area contributed by atoms with Crippen molar-refractivity contribution in [3.63, 3.8) is 0 Å². The maximum Gasteiger partial charge on any atom is 0.231 e. The van der Waals surface area contributed by atoms with Crippen molar-refractivity contribution in [2.45, 2.75) is 44.4 Å². The molecule has 4 unspecified atom stereocenters. The summed E-state index contributed by atoms with van der Waals surface area (Å²) in [4.78, 5) is 0. The predicted octanol–water partition coefficient (Wildman–Crippen LogP) is 1.48. The molecule has 0 bridgehead atoms. The van der Waals surface area contributed by atoms with Gasteiger partial charge in [0.05, 0.1) is 17.4 Å². The molecule has 0 aliphatic carbocycles. The van der Waals surface area contributed by atoms with Crippen molar-refractivity contribution < 1.29 is 18.3 Å². The molecule has 0 saturated carbocycles. The third kappa shape index (κ3) is 3.67. The van der Waals surface area contributed by atoms with E-state index in [9.17, 15) is 4.39 Å². The molecule has 1 saturated heterocycles. The van der Waals surface area contributed by atoms with Gasteiger partial charge in [-0.15, -0.1) is 0 Å². The molecule has 9 heteroatoms. The van der Waals surface area contributed by atoms with Gasteiger partial charge in [0.2, 0.25) is 6.79 Å². The molecule has 0 spiro atoms. The van der Waals surface area contributed by atoms with Crippen LogP contribution in [-0.2, 0) is 0 Å². The van der Waals surface area contributed by atoms with E-state index in [0.29, 0.717) is 23.6 Å². The van der Waals surface area contributed by atoms with Gasteiger partial charge in [0.1, 0.15) is 12.5 Å². The maximum atomic E-state index is 15.5. The molecular weight excluding hydrogens is 368 g/mol. The average molecular weight is 395 g/mol. The zero-order valence-electron chi connectivity index (χ0n) is 16.1. The number of fused-ring (bicyclic) bond motifs is 1. The second kappa shape index (κ2) is 8.20. The fourth-order valence-electron chi connectivity index (χ4n) is 3.89. The molecule has 4 rings (SSSR count). The zero-order chi connectivity index (χ0) is 19.7. The number of alkyl halides is 1. The highest BCUT2D eigenvalue weighted by Crippen LogP contribution is 2.45. The molecule has 4 atom stereocenters. The standard InChI is InChI=1S/C19H27F2N5O2/c1-10-15(20)18(22-2)26-19(24-10)25-12-8-13-17(28-9-27-13)14(16(12)21)11-4-3-6-23-7-5-11/h5,8,10,15,18-19,22-26H,3-4,6-7,9H2,1-2H3. The Balaban J connectivity index is 1.65. The molecule has 3 aliphatic heterocycles. The molecule has 1 aromatic carbocycles. The number of ether oxygens (including phenoxy) is 2. The van der Waals surface area contributed by atoms with Crippen molar-refractivity contribution in [3.05, 3.63) is 23.5 Å². The summed E-state index contributed by atoms with van der Waals surface area (Å²) < 4.78 is 40.9. The molecule has 7 nitrogen and oxygen atoms in total. The highest BCUT2D eigenvalue weighted by molar-refractivity contribution is 5.78. The number of anilines is 1.